The number of aryl methyl sites for hydroxylation is 2. The molecule has 0 unspecified atom stereocenters. The molecule has 0 fully saturated rings. The standard InChI is InChI=1S/C29H39N/c1-12-25(17-20(2)3)30(26-15-13-23(14-16-26)28(6,7)8)27-21(4)18-24(19-22(27)5)29(9,10)11/h12-19H,1-2H2,3-11H3/b25-17+. The summed E-state index contributed by atoms with van der Waals surface area (Å²) in [5.41, 5.74) is 9.80. The number of rotatable bonds is 5. The normalized spacial score (nSPS) is 12.6. The van der Waals surface area contributed by atoms with Crippen molar-refractivity contribution in [2.75, 3.05) is 4.90 Å². The number of hydrogen-bond donors (Lipinski definition) is 0. The van der Waals surface area contributed by atoms with Crippen molar-refractivity contribution in [3.63, 3.8) is 0 Å². The third kappa shape index (κ3) is 5.33. The summed E-state index contributed by atoms with van der Waals surface area (Å²) in [7, 11) is 0. The van der Waals surface area contributed by atoms with Crippen LogP contribution >= 0.6 is 0 Å². The van der Waals surface area contributed by atoms with E-state index in [1.807, 2.05) is 13.0 Å². The van der Waals surface area contributed by atoms with Crippen molar-refractivity contribution in [1.29, 1.82) is 0 Å². The molecule has 2 rings (SSSR count). The number of anilines is 2. The molecule has 1 heteroatoms. The fourth-order valence-corrected chi connectivity index (χ4v) is 3.73. The zero-order chi connectivity index (χ0) is 22.9. The van der Waals surface area contributed by atoms with Gasteiger partial charge in [-0.25, -0.2) is 0 Å². The molecule has 0 aliphatic carbocycles. The third-order valence-electron chi connectivity index (χ3n) is 5.43. The molecule has 1 nitrogen and oxygen atoms in total. The van der Waals surface area contributed by atoms with Gasteiger partial charge in [-0.2, -0.15) is 0 Å². The van der Waals surface area contributed by atoms with Crippen LogP contribution in [-0.2, 0) is 10.8 Å². The van der Waals surface area contributed by atoms with E-state index in [9.17, 15) is 0 Å². The Hall–Kier alpha value is -2.54. The minimum absolute atomic E-state index is 0.113. The fourth-order valence-electron chi connectivity index (χ4n) is 3.73. The zero-order valence-corrected chi connectivity index (χ0v) is 20.5. The molecule has 0 atom stereocenters. The minimum Gasteiger partial charge on any atom is -0.310 e. The SMILES string of the molecule is C=C/C(=C\C(=C)C)N(c1ccc(C(C)(C)C)cc1)c1c(C)cc(C(C)(C)C)cc1C. The molecule has 0 saturated carbocycles. The van der Waals surface area contributed by atoms with Gasteiger partial charge in [0.2, 0.25) is 0 Å². The summed E-state index contributed by atoms with van der Waals surface area (Å²) in [6, 6.07) is 13.5. The number of allylic oxidation sites excluding steroid dienone is 3. The first-order chi connectivity index (χ1) is 13.8. The van der Waals surface area contributed by atoms with Gasteiger partial charge in [-0.3, -0.25) is 0 Å². The monoisotopic (exact) mass is 401 g/mol. The van der Waals surface area contributed by atoms with Crippen LogP contribution in [0.15, 0.2) is 73.0 Å². The summed E-state index contributed by atoms with van der Waals surface area (Å²) in [6.45, 7) is 28.2. The molecule has 0 spiro atoms. The van der Waals surface area contributed by atoms with E-state index < -0.39 is 0 Å². The van der Waals surface area contributed by atoms with Crippen LogP contribution in [0.25, 0.3) is 0 Å². The van der Waals surface area contributed by atoms with E-state index in [-0.39, 0.29) is 10.8 Å². The van der Waals surface area contributed by atoms with Gasteiger partial charge in [-0.15, -0.1) is 0 Å². The van der Waals surface area contributed by atoms with Crippen LogP contribution in [0.3, 0.4) is 0 Å². The summed E-state index contributed by atoms with van der Waals surface area (Å²) in [6.07, 6.45) is 4.02. The minimum atomic E-state index is 0.113. The molecule has 0 N–H and O–H groups in total. The lowest BCUT2D eigenvalue weighted by Crippen LogP contribution is -2.20. The van der Waals surface area contributed by atoms with E-state index >= 15 is 0 Å². The summed E-state index contributed by atoms with van der Waals surface area (Å²) < 4.78 is 0. The largest absolute Gasteiger partial charge is 0.310 e. The first-order valence-electron chi connectivity index (χ1n) is 10.8. The van der Waals surface area contributed by atoms with Gasteiger partial charge in [0.15, 0.2) is 0 Å². The highest BCUT2D eigenvalue weighted by Gasteiger charge is 2.22. The lowest BCUT2D eigenvalue weighted by atomic mass is 9.84. The highest BCUT2D eigenvalue weighted by molar-refractivity contribution is 5.76. The Morgan fingerprint density at radius 3 is 1.67 bits per heavy atom. The first kappa shape index (κ1) is 23.7. The molecular formula is C29H39N. The topological polar surface area (TPSA) is 3.24 Å². The van der Waals surface area contributed by atoms with Gasteiger partial charge < -0.3 is 4.90 Å². The molecule has 160 valence electrons. The van der Waals surface area contributed by atoms with E-state index in [1.54, 1.807) is 0 Å². The van der Waals surface area contributed by atoms with Crippen molar-refractivity contribution in [1.82, 2.24) is 0 Å². The second kappa shape index (κ2) is 8.68. The molecule has 0 heterocycles. The van der Waals surface area contributed by atoms with Crippen LogP contribution in [0.2, 0.25) is 0 Å². The van der Waals surface area contributed by atoms with Gasteiger partial charge in [0.05, 0.1) is 5.69 Å². The number of hydrogen-bond acceptors (Lipinski definition) is 1. The summed E-state index contributed by atoms with van der Waals surface area (Å²) in [4.78, 5) is 2.31. The van der Waals surface area contributed by atoms with E-state index in [0.29, 0.717) is 0 Å². The number of nitrogens with zero attached hydrogens (tertiary/aromatic N) is 1. The van der Waals surface area contributed by atoms with Crippen molar-refractivity contribution < 1.29 is 0 Å². The highest BCUT2D eigenvalue weighted by atomic mass is 15.1. The summed E-state index contributed by atoms with van der Waals surface area (Å²) in [5, 5.41) is 0. The second-order valence-electron chi connectivity index (χ2n) is 10.5. The molecular weight excluding hydrogens is 362 g/mol. The average Bonchev–Trinajstić information content (AvgIpc) is 2.61. The molecule has 0 aromatic heterocycles. The Labute approximate surface area is 184 Å². The molecule has 2 aromatic rings. The van der Waals surface area contributed by atoms with Crippen LogP contribution in [0.5, 0.6) is 0 Å². The highest BCUT2D eigenvalue weighted by Crippen LogP contribution is 2.39. The molecule has 0 radical (unpaired) electrons. The molecule has 0 aliphatic heterocycles. The quantitative estimate of drug-likeness (QED) is 0.453. The lowest BCUT2D eigenvalue weighted by molar-refractivity contribution is 0.589. The Bertz CT molecular complexity index is 934. The van der Waals surface area contributed by atoms with Crippen LogP contribution in [-0.4, -0.2) is 0 Å². The summed E-state index contributed by atoms with van der Waals surface area (Å²) in [5.74, 6) is 0. The molecule has 0 amide bonds. The zero-order valence-electron chi connectivity index (χ0n) is 20.5. The Morgan fingerprint density at radius 1 is 0.833 bits per heavy atom. The van der Waals surface area contributed by atoms with E-state index in [1.165, 1.54) is 27.9 Å². The van der Waals surface area contributed by atoms with Gasteiger partial charge in [-0.05, 0) is 78.1 Å². The Morgan fingerprint density at radius 2 is 1.30 bits per heavy atom. The molecule has 30 heavy (non-hydrogen) atoms. The maximum Gasteiger partial charge on any atom is 0.0520 e. The van der Waals surface area contributed by atoms with Crippen molar-refractivity contribution in [2.24, 2.45) is 0 Å². The lowest BCUT2D eigenvalue weighted by Gasteiger charge is -2.32. The fraction of sp³-hybridized carbons (Fsp3) is 0.379. The third-order valence-corrected chi connectivity index (χ3v) is 5.43. The average molecular weight is 402 g/mol. The second-order valence-corrected chi connectivity index (χ2v) is 10.5. The van der Waals surface area contributed by atoms with Gasteiger partial charge in [0, 0.05) is 11.4 Å². The van der Waals surface area contributed by atoms with Crippen LogP contribution in [0.4, 0.5) is 11.4 Å². The van der Waals surface area contributed by atoms with Crippen molar-refractivity contribution in [3.05, 3.63) is 95.2 Å². The van der Waals surface area contributed by atoms with Crippen LogP contribution in [0, 0.1) is 13.8 Å². The molecule has 2 aromatic carbocycles. The van der Waals surface area contributed by atoms with Gasteiger partial charge in [0.1, 0.15) is 0 Å². The van der Waals surface area contributed by atoms with E-state index in [2.05, 4.69) is 116 Å². The maximum atomic E-state index is 4.11. The van der Waals surface area contributed by atoms with Gasteiger partial charge in [0.25, 0.3) is 0 Å². The Balaban J connectivity index is 2.76. The number of benzene rings is 2. The molecule has 0 bridgehead atoms. The van der Waals surface area contributed by atoms with Gasteiger partial charge in [-0.1, -0.05) is 84.5 Å². The van der Waals surface area contributed by atoms with Crippen LogP contribution < -0.4 is 4.90 Å². The van der Waals surface area contributed by atoms with Crippen LogP contribution in [0.1, 0.15) is 70.7 Å². The van der Waals surface area contributed by atoms with Crippen molar-refractivity contribution in [3.8, 4) is 0 Å². The first-order valence-corrected chi connectivity index (χ1v) is 10.8. The van der Waals surface area contributed by atoms with Crippen molar-refractivity contribution >= 4 is 11.4 Å². The van der Waals surface area contributed by atoms with E-state index in [4.69, 9.17) is 0 Å². The maximum absolute atomic E-state index is 4.11. The predicted octanol–water partition coefficient (Wildman–Crippen LogP) is 8.68. The smallest absolute Gasteiger partial charge is 0.0520 e. The van der Waals surface area contributed by atoms with Crippen molar-refractivity contribution in [2.45, 2.75) is 73.1 Å². The Kier molecular flexibility index (Phi) is 6.87. The van der Waals surface area contributed by atoms with E-state index in [0.717, 1.165) is 17.0 Å². The molecule has 0 saturated heterocycles. The summed E-state index contributed by atoms with van der Waals surface area (Å²) >= 11 is 0. The predicted molar refractivity (Wildman–Crippen MR) is 135 cm³/mol. The molecule has 0 aliphatic rings. The van der Waals surface area contributed by atoms with Gasteiger partial charge >= 0.3 is 0 Å².